The van der Waals surface area contributed by atoms with Crippen LogP contribution in [0.2, 0.25) is 0 Å². The molecule has 28 heavy (non-hydrogen) atoms. The average Bonchev–Trinajstić information content (AvgIpc) is 2.69. The van der Waals surface area contributed by atoms with Crippen LogP contribution in [0.15, 0.2) is 51.8 Å². The van der Waals surface area contributed by atoms with Crippen LogP contribution in [0.5, 0.6) is 5.75 Å². The van der Waals surface area contributed by atoms with E-state index in [2.05, 4.69) is 4.98 Å². The van der Waals surface area contributed by atoms with Crippen molar-refractivity contribution in [2.75, 3.05) is 6.61 Å². The highest BCUT2D eigenvalue weighted by molar-refractivity contribution is 5.83. The van der Waals surface area contributed by atoms with Gasteiger partial charge in [0, 0.05) is 12.3 Å². The molecule has 4 unspecified atom stereocenters. The first-order chi connectivity index (χ1) is 13.5. The predicted octanol–water partition coefficient (Wildman–Crippen LogP) is 0.981. The van der Waals surface area contributed by atoms with E-state index >= 15 is 0 Å². The first kappa shape index (κ1) is 18.6. The monoisotopic (exact) mass is 385 g/mol. The maximum atomic E-state index is 12.9. The van der Waals surface area contributed by atoms with Gasteiger partial charge in [-0.15, -0.1) is 0 Å². The second kappa shape index (κ2) is 7.33. The number of nitrogens with zero attached hydrogens (tertiary/aromatic N) is 1. The maximum Gasteiger partial charge on any atom is 0.228 e. The molecule has 1 aliphatic heterocycles. The summed E-state index contributed by atoms with van der Waals surface area (Å²) in [7, 11) is 0. The summed E-state index contributed by atoms with van der Waals surface area (Å²) >= 11 is 0. The van der Waals surface area contributed by atoms with E-state index in [4.69, 9.17) is 13.9 Å². The number of pyridine rings is 1. The summed E-state index contributed by atoms with van der Waals surface area (Å²) in [4.78, 5) is 17.1. The van der Waals surface area contributed by atoms with Crippen molar-refractivity contribution in [2.45, 2.75) is 31.5 Å². The minimum Gasteiger partial charge on any atom is -0.462 e. The Hall–Kier alpha value is -2.78. The van der Waals surface area contributed by atoms with Crippen LogP contribution in [0.1, 0.15) is 5.76 Å². The fourth-order valence-electron chi connectivity index (χ4n) is 3.18. The van der Waals surface area contributed by atoms with E-state index in [1.54, 1.807) is 43.5 Å². The molecular weight excluding hydrogens is 366 g/mol. The number of fused-ring (bicyclic) bond motifs is 1. The molecule has 1 aromatic carbocycles. The van der Waals surface area contributed by atoms with Gasteiger partial charge in [0.2, 0.25) is 11.7 Å². The summed E-state index contributed by atoms with van der Waals surface area (Å²) in [6.07, 6.45) is -3.52. The second-order valence-electron chi connectivity index (χ2n) is 6.60. The standard InChI is InChI=1S/C20H19NO7/c1-10-16(13-4-2-3-7-21-13)17(23)12-6-5-11(8-15(12)27-10)28-20-19(25)18(24)14(22)9-26-20/h2-8,14,18-20,22,24-25H,9H2,1H3. The summed E-state index contributed by atoms with van der Waals surface area (Å²) in [6.45, 7) is 1.52. The number of hydrogen-bond acceptors (Lipinski definition) is 8. The Morgan fingerprint density at radius 1 is 1.14 bits per heavy atom. The fourth-order valence-corrected chi connectivity index (χ4v) is 3.18. The second-order valence-corrected chi connectivity index (χ2v) is 6.60. The third kappa shape index (κ3) is 3.27. The minimum atomic E-state index is -1.42. The van der Waals surface area contributed by atoms with Crippen molar-refractivity contribution >= 4 is 11.0 Å². The Morgan fingerprint density at radius 2 is 1.96 bits per heavy atom. The average molecular weight is 385 g/mol. The Labute approximate surface area is 159 Å². The Balaban J connectivity index is 1.68. The molecule has 8 heteroatoms. The lowest BCUT2D eigenvalue weighted by molar-refractivity contribution is -0.242. The maximum absolute atomic E-state index is 12.9. The largest absolute Gasteiger partial charge is 0.462 e. The first-order valence-electron chi connectivity index (χ1n) is 8.77. The molecule has 3 N–H and O–H groups in total. The van der Waals surface area contributed by atoms with Crippen molar-refractivity contribution in [3.63, 3.8) is 0 Å². The Bertz CT molecular complexity index is 1050. The van der Waals surface area contributed by atoms with E-state index in [1.165, 1.54) is 6.07 Å². The molecule has 3 aromatic rings. The van der Waals surface area contributed by atoms with Gasteiger partial charge in [-0.05, 0) is 31.2 Å². The van der Waals surface area contributed by atoms with Crippen LogP contribution in [0.3, 0.4) is 0 Å². The normalized spacial score (nSPS) is 25.0. The summed E-state index contributed by atoms with van der Waals surface area (Å²) in [5.74, 6) is 0.703. The summed E-state index contributed by atoms with van der Waals surface area (Å²) in [5, 5.41) is 29.6. The number of aliphatic hydroxyl groups excluding tert-OH is 3. The molecule has 8 nitrogen and oxygen atoms in total. The van der Waals surface area contributed by atoms with Crippen LogP contribution >= 0.6 is 0 Å². The minimum absolute atomic E-state index is 0.169. The van der Waals surface area contributed by atoms with Gasteiger partial charge in [-0.25, -0.2) is 0 Å². The van der Waals surface area contributed by atoms with Crippen LogP contribution in [-0.2, 0) is 4.74 Å². The van der Waals surface area contributed by atoms with Crippen molar-refractivity contribution in [3.8, 4) is 17.0 Å². The van der Waals surface area contributed by atoms with E-state index in [1.807, 2.05) is 0 Å². The molecule has 4 rings (SSSR count). The van der Waals surface area contributed by atoms with Crippen LogP contribution < -0.4 is 10.2 Å². The zero-order chi connectivity index (χ0) is 19.8. The number of aryl methyl sites for hydroxylation is 1. The summed E-state index contributed by atoms with van der Waals surface area (Å²) in [6, 6.07) is 9.92. The molecule has 0 aliphatic carbocycles. The van der Waals surface area contributed by atoms with Crippen molar-refractivity contribution in [1.82, 2.24) is 4.98 Å². The summed E-state index contributed by atoms with van der Waals surface area (Å²) in [5.41, 5.74) is 1.02. The molecule has 0 saturated carbocycles. The molecule has 2 aromatic heterocycles. The molecule has 146 valence electrons. The Kier molecular flexibility index (Phi) is 4.86. The third-order valence-electron chi connectivity index (χ3n) is 4.67. The smallest absolute Gasteiger partial charge is 0.228 e. The van der Waals surface area contributed by atoms with Gasteiger partial charge in [0.25, 0.3) is 0 Å². The van der Waals surface area contributed by atoms with E-state index in [0.717, 1.165) is 0 Å². The molecule has 0 bridgehead atoms. The Morgan fingerprint density at radius 3 is 2.71 bits per heavy atom. The topological polar surface area (TPSA) is 122 Å². The third-order valence-corrected chi connectivity index (χ3v) is 4.67. The van der Waals surface area contributed by atoms with Crippen LogP contribution in [0, 0.1) is 6.92 Å². The molecule has 1 fully saturated rings. The lowest BCUT2D eigenvalue weighted by Crippen LogP contribution is -2.54. The quantitative estimate of drug-likeness (QED) is 0.610. The molecule has 0 spiro atoms. The van der Waals surface area contributed by atoms with Gasteiger partial charge in [0.05, 0.1) is 23.3 Å². The number of benzene rings is 1. The van der Waals surface area contributed by atoms with Crippen LogP contribution in [0.25, 0.3) is 22.2 Å². The van der Waals surface area contributed by atoms with Crippen molar-refractivity contribution in [2.24, 2.45) is 0 Å². The van der Waals surface area contributed by atoms with Gasteiger partial charge in [-0.2, -0.15) is 0 Å². The SMILES string of the molecule is Cc1oc2cc(OC3OCC(O)C(O)C3O)ccc2c(=O)c1-c1ccccn1. The van der Waals surface area contributed by atoms with Crippen molar-refractivity contribution in [3.05, 3.63) is 58.6 Å². The molecule has 0 radical (unpaired) electrons. The van der Waals surface area contributed by atoms with Gasteiger partial charge in [0.15, 0.2) is 0 Å². The van der Waals surface area contributed by atoms with Crippen molar-refractivity contribution in [1.29, 1.82) is 0 Å². The number of aromatic nitrogens is 1. The predicted molar refractivity (Wildman–Crippen MR) is 98.8 cm³/mol. The summed E-state index contributed by atoms with van der Waals surface area (Å²) < 4.78 is 16.6. The van der Waals surface area contributed by atoms with Crippen LogP contribution in [-0.4, -0.2) is 51.5 Å². The number of aliphatic hydroxyl groups is 3. The zero-order valence-electron chi connectivity index (χ0n) is 15.0. The van der Waals surface area contributed by atoms with E-state index in [9.17, 15) is 20.1 Å². The number of rotatable bonds is 3. The highest BCUT2D eigenvalue weighted by atomic mass is 16.7. The van der Waals surface area contributed by atoms with E-state index in [0.29, 0.717) is 28.0 Å². The lowest BCUT2D eigenvalue weighted by atomic mass is 10.1. The van der Waals surface area contributed by atoms with Gasteiger partial charge in [-0.1, -0.05) is 6.07 Å². The van der Waals surface area contributed by atoms with E-state index in [-0.39, 0.29) is 17.8 Å². The van der Waals surface area contributed by atoms with Gasteiger partial charge < -0.3 is 29.2 Å². The van der Waals surface area contributed by atoms with Gasteiger partial charge >= 0.3 is 0 Å². The van der Waals surface area contributed by atoms with Gasteiger partial charge in [-0.3, -0.25) is 9.78 Å². The van der Waals surface area contributed by atoms with Crippen LogP contribution in [0.4, 0.5) is 0 Å². The van der Waals surface area contributed by atoms with Gasteiger partial charge in [0.1, 0.15) is 35.4 Å². The zero-order valence-corrected chi connectivity index (χ0v) is 15.0. The molecule has 4 atom stereocenters. The fraction of sp³-hybridized carbons (Fsp3) is 0.300. The number of hydrogen-bond donors (Lipinski definition) is 3. The van der Waals surface area contributed by atoms with E-state index < -0.39 is 24.6 Å². The molecule has 3 heterocycles. The number of ether oxygens (including phenoxy) is 2. The molecule has 1 saturated heterocycles. The molecular formula is C20H19NO7. The highest BCUT2D eigenvalue weighted by Gasteiger charge is 2.39. The first-order valence-corrected chi connectivity index (χ1v) is 8.77. The highest BCUT2D eigenvalue weighted by Crippen LogP contribution is 2.27. The molecule has 1 aliphatic rings. The lowest BCUT2D eigenvalue weighted by Gasteiger charge is -2.34. The van der Waals surface area contributed by atoms with Crippen molar-refractivity contribution < 1.29 is 29.2 Å². The molecule has 0 amide bonds.